The molecule has 19 heteroatoms. The van der Waals surface area contributed by atoms with Crippen LogP contribution in [0, 0.1) is 41.2 Å². The Morgan fingerprint density at radius 1 is 0.925 bits per heavy atom. The smallest absolute Gasteiger partial charge is 0.320 e. The molecule has 3 N–H and O–H groups in total. The summed E-state index contributed by atoms with van der Waals surface area (Å²) in [5.41, 5.74) is -4.27. The van der Waals surface area contributed by atoms with E-state index in [1.165, 1.54) is 14.2 Å². The summed E-state index contributed by atoms with van der Waals surface area (Å²) in [5.74, 6) is -9.11. The number of esters is 2. The lowest BCUT2D eigenvalue weighted by atomic mass is 9.70. The Bertz CT molecular complexity index is 1920. The first-order valence-electron chi connectivity index (χ1n) is 23.3. The van der Waals surface area contributed by atoms with Crippen LogP contribution in [0.1, 0.15) is 94.9 Å². The van der Waals surface area contributed by atoms with Crippen molar-refractivity contribution in [3.63, 3.8) is 0 Å². The maximum absolute atomic E-state index is 15.0. The average Bonchev–Trinajstić information content (AvgIpc) is 3.53. The van der Waals surface area contributed by atoms with E-state index in [1.807, 2.05) is 32.8 Å². The number of likely N-dealkylation sites (N-methyl/N-ethyl adjacent to an activating group) is 1. The second kappa shape index (κ2) is 22.1. The molecule has 2 unspecified atom stereocenters. The maximum atomic E-state index is 15.0. The fourth-order valence-electron chi connectivity index (χ4n) is 10.8. The molecule has 1 amide bonds. The molecule has 0 spiro atoms. The fourth-order valence-corrected chi connectivity index (χ4v) is 12.1. The van der Waals surface area contributed by atoms with Crippen molar-refractivity contribution >= 4 is 41.1 Å². The number of Topliss-reactive ketones (excluding diaryl/α,β-unsaturated/α-hetero) is 1. The summed E-state index contributed by atoms with van der Waals surface area (Å²) in [7, 11) is 6.69. The number of hydrogen-bond donors (Lipinski definition) is 3. The normalized spacial score (nSPS) is 42.4. The Morgan fingerprint density at radius 2 is 1.58 bits per heavy atom. The first-order chi connectivity index (χ1) is 31.2. The lowest BCUT2D eigenvalue weighted by molar-refractivity contribution is -0.319. The molecule has 0 saturated carbocycles. The van der Waals surface area contributed by atoms with E-state index in [4.69, 9.17) is 37.9 Å². The highest BCUT2D eigenvalue weighted by molar-refractivity contribution is 8.01. The van der Waals surface area contributed by atoms with Gasteiger partial charge in [-0.3, -0.25) is 19.2 Å². The van der Waals surface area contributed by atoms with Gasteiger partial charge in [0.05, 0.1) is 53.0 Å². The number of rotatable bonds is 12. The minimum atomic E-state index is -1.58. The number of anilines is 1. The molecule has 0 radical (unpaired) electrons. The monoisotopic (exact) mass is 972 g/mol. The van der Waals surface area contributed by atoms with Gasteiger partial charge in [-0.1, -0.05) is 27.7 Å². The largest absolute Gasteiger partial charge is 0.458 e. The number of aliphatic hydroxyl groups excluding tert-OH is 2. The molecule has 1 aromatic carbocycles. The summed E-state index contributed by atoms with van der Waals surface area (Å²) in [6, 6.07) is 2.38. The van der Waals surface area contributed by atoms with Gasteiger partial charge in [0.25, 0.3) is 0 Å². The molecule has 19 atom stereocenters. The number of carbonyl (C=O) groups excluding carboxylic acids is 4. The highest BCUT2D eigenvalue weighted by atomic mass is 32.2. The van der Waals surface area contributed by atoms with Crippen molar-refractivity contribution in [1.29, 1.82) is 0 Å². The number of fused-ring (bicyclic) bond motifs is 1. The Balaban J connectivity index is 1.60. The number of cyclic esters (lactones) is 1. The van der Waals surface area contributed by atoms with Crippen LogP contribution in [-0.4, -0.2) is 156 Å². The Morgan fingerprint density at radius 3 is 2.18 bits per heavy atom. The zero-order chi connectivity index (χ0) is 50.1. The van der Waals surface area contributed by atoms with Gasteiger partial charge in [0.15, 0.2) is 18.2 Å². The molecule has 16 nitrogen and oxygen atoms in total. The van der Waals surface area contributed by atoms with E-state index in [0.29, 0.717) is 12.5 Å². The van der Waals surface area contributed by atoms with Gasteiger partial charge < -0.3 is 58.3 Å². The number of nitrogens with one attached hydrogen (secondary N) is 1. The number of methoxy groups -OCH3 is 2. The predicted octanol–water partition coefficient (Wildman–Crippen LogP) is 5.28. The van der Waals surface area contributed by atoms with Crippen LogP contribution in [0.5, 0.6) is 0 Å². The molecule has 4 fully saturated rings. The van der Waals surface area contributed by atoms with E-state index < -0.39 is 130 Å². The van der Waals surface area contributed by atoms with Gasteiger partial charge >= 0.3 is 11.9 Å². The number of thioether (sulfide) groups is 1. The van der Waals surface area contributed by atoms with E-state index in [1.54, 1.807) is 55.4 Å². The van der Waals surface area contributed by atoms with Crippen LogP contribution in [0.15, 0.2) is 18.2 Å². The molecule has 4 saturated heterocycles. The minimum absolute atomic E-state index is 0.0481. The number of halogens is 2. The van der Waals surface area contributed by atoms with Gasteiger partial charge in [-0.2, -0.15) is 0 Å². The summed E-state index contributed by atoms with van der Waals surface area (Å²) in [5, 5.41) is 24.2. The quantitative estimate of drug-likeness (QED) is 0.229. The van der Waals surface area contributed by atoms with Crippen molar-refractivity contribution in [3.05, 3.63) is 29.8 Å². The standard InChI is InChI=1S/C48H74F2N2O14S/c1-15-33-48(10)36(40(44(58)66-48)67-22-34(53)51-31-17-16-29(49)19-30(31)50)25(4)37(54)23(2)20-47(9,60-14)42(65-45-38(55)32(52(11)12)18-24(3)61-45)26(5)39(27(6)43(57)63-33)64-35-21-46(8,59-13)41(56)28(7)62-35/h16-17,19,23-28,32-33,35-36,38-42,45,55-56H,15,18,20-22H2,1-14H3,(H,51,53)/t23-,24-,25-,26+,27-,28-,32+,33-,35+,36?,38-,39+,40?,41+,42-,45+,46-,47-,48-/m1/s1. The molecule has 67 heavy (non-hydrogen) atoms. The lowest BCUT2D eigenvalue weighted by Crippen LogP contribution is -2.61. The molecule has 4 heterocycles. The molecule has 4 aliphatic heterocycles. The first-order valence-corrected chi connectivity index (χ1v) is 24.4. The fraction of sp³-hybridized carbons (Fsp3) is 0.792. The lowest BCUT2D eigenvalue weighted by Gasteiger charge is -2.50. The summed E-state index contributed by atoms with van der Waals surface area (Å²) in [6.45, 7) is 17.4. The van der Waals surface area contributed by atoms with Crippen molar-refractivity contribution in [3.8, 4) is 0 Å². The summed E-state index contributed by atoms with van der Waals surface area (Å²) in [6.07, 6.45) is -7.80. The van der Waals surface area contributed by atoms with Crippen LogP contribution >= 0.6 is 11.8 Å². The number of ether oxygens (including phenoxy) is 8. The molecule has 4 aliphatic rings. The summed E-state index contributed by atoms with van der Waals surface area (Å²) < 4.78 is 79.2. The number of amides is 1. The highest BCUT2D eigenvalue weighted by Crippen LogP contribution is 2.49. The highest BCUT2D eigenvalue weighted by Gasteiger charge is 2.62. The molecular formula is C48H74F2N2O14S. The topological polar surface area (TPSA) is 198 Å². The molecule has 0 aromatic heterocycles. The molecule has 380 valence electrons. The number of ketones is 1. The first kappa shape index (κ1) is 55.1. The maximum Gasteiger partial charge on any atom is 0.320 e. The SMILES string of the molecule is CC[C@H]1OC(=O)[C@H](C)[C@@H](O[C@H]2C[C@@](C)(OC)[C@@H](O)[C@@H](C)O2)[C@H](C)[C@@H](O[C@@H]2O[C@H](C)C[C@H](N(C)C)[C@H]2O)[C@](C)(OC)C[C@@H](C)C(=O)[C@H](C)C2C(SCC(=O)Nc3ccc(F)cc3F)C(=O)O[C@@]21C. The summed E-state index contributed by atoms with van der Waals surface area (Å²) >= 11 is 0.904. The molecule has 0 aliphatic carbocycles. The number of carbonyl (C=O) groups is 4. The second-order valence-electron chi connectivity index (χ2n) is 20.0. The van der Waals surface area contributed by atoms with Crippen molar-refractivity contribution in [2.24, 2.45) is 29.6 Å². The third-order valence-electron chi connectivity index (χ3n) is 14.9. The van der Waals surface area contributed by atoms with Crippen molar-refractivity contribution in [2.45, 2.75) is 178 Å². The van der Waals surface area contributed by atoms with E-state index in [-0.39, 0.29) is 48.6 Å². The third-order valence-corrected chi connectivity index (χ3v) is 16.1. The van der Waals surface area contributed by atoms with Crippen LogP contribution in [0.25, 0.3) is 0 Å². The van der Waals surface area contributed by atoms with E-state index >= 15 is 4.79 Å². The van der Waals surface area contributed by atoms with Crippen LogP contribution in [0.4, 0.5) is 14.5 Å². The average molecular weight is 973 g/mol. The van der Waals surface area contributed by atoms with E-state index in [2.05, 4.69) is 5.32 Å². The van der Waals surface area contributed by atoms with Crippen LogP contribution < -0.4 is 5.32 Å². The van der Waals surface area contributed by atoms with Gasteiger partial charge in [0.1, 0.15) is 41.0 Å². The zero-order valence-corrected chi connectivity index (χ0v) is 42.2. The number of aliphatic hydroxyl groups is 2. The second-order valence-corrected chi connectivity index (χ2v) is 21.1. The van der Waals surface area contributed by atoms with Gasteiger partial charge in [0, 0.05) is 56.4 Å². The number of nitrogens with zero attached hydrogens (tertiary/aromatic N) is 1. The number of benzene rings is 1. The predicted molar refractivity (Wildman–Crippen MR) is 244 cm³/mol. The van der Waals surface area contributed by atoms with Crippen molar-refractivity contribution in [1.82, 2.24) is 4.90 Å². The Labute approximate surface area is 398 Å². The van der Waals surface area contributed by atoms with Crippen LogP contribution in [-0.2, 0) is 57.1 Å². The Hall–Kier alpha value is -2.85. The van der Waals surface area contributed by atoms with Crippen LogP contribution in [0.2, 0.25) is 0 Å². The van der Waals surface area contributed by atoms with Crippen molar-refractivity contribution in [2.75, 3.05) is 39.4 Å². The van der Waals surface area contributed by atoms with Gasteiger partial charge in [0.2, 0.25) is 5.91 Å². The minimum Gasteiger partial charge on any atom is -0.458 e. The zero-order valence-electron chi connectivity index (χ0n) is 41.4. The van der Waals surface area contributed by atoms with Crippen LogP contribution in [0.3, 0.4) is 0 Å². The Kier molecular flexibility index (Phi) is 18.1. The van der Waals surface area contributed by atoms with E-state index in [0.717, 1.165) is 23.9 Å². The van der Waals surface area contributed by atoms with Crippen molar-refractivity contribution < 1.29 is 76.1 Å². The molecule has 5 rings (SSSR count). The summed E-state index contributed by atoms with van der Waals surface area (Å²) in [4.78, 5) is 59.0. The molecular weight excluding hydrogens is 899 g/mol. The molecule has 1 aromatic rings. The van der Waals surface area contributed by atoms with Gasteiger partial charge in [-0.25, -0.2) is 8.78 Å². The van der Waals surface area contributed by atoms with E-state index in [9.17, 15) is 33.4 Å². The number of hydrogen-bond acceptors (Lipinski definition) is 16. The molecule has 0 bridgehead atoms. The third kappa shape index (κ3) is 11.7. The van der Waals surface area contributed by atoms with Gasteiger partial charge in [-0.15, -0.1) is 11.8 Å². The van der Waals surface area contributed by atoms with Gasteiger partial charge in [-0.05, 0) is 87.0 Å².